The van der Waals surface area contributed by atoms with Gasteiger partial charge in [-0.15, -0.1) is 0 Å². The summed E-state index contributed by atoms with van der Waals surface area (Å²) < 4.78 is 1.82. The molecular weight excluding hydrogens is 350 g/mol. The van der Waals surface area contributed by atoms with Gasteiger partial charge in [-0.3, -0.25) is 9.59 Å². The maximum absolute atomic E-state index is 12.6. The van der Waals surface area contributed by atoms with Crippen LogP contribution in [-0.4, -0.2) is 56.3 Å². The van der Waals surface area contributed by atoms with Gasteiger partial charge in [-0.2, -0.15) is 16.9 Å². The summed E-state index contributed by atoms with van der Waals surface area (Å²) in [7, 11) is 0. The minimum absolute atomic E-state index is 0.0763. The van der Waals surface area contributed by atoms with Crippen molar-refractivity contribution in [3.63, 3.8) is 0 Å². The lowest BCUT2D eigenvalue weighted by atomic mass is 10.1. The first-order valence-corrected chi connectivity index (χ1v) is 9.87. The van der Waals surface area contributed by atoms with Gasteiger partial charge in [0.25, 0.3) is 5.91 Å². The zero-order chi connectivity index (χ0) is 18.7. The Morgan fingerprint density at radius 2 is 1.81 bits per heavy atom. The second-order valence-corrected chi connectivity index (χ2v) is 7.63. The van der Waals surface area contributed by atoms with Crippen LogP contribution in [0.1, 0.15) is 33.7 Å². The maximum atomic E-state index is 12.6. The van der Waals surface area contributed by atoms with E-state index in [0.717, 1.165) is 47.2 Å². The Labute approximate surface area is 157 Å². The summed E-state index contributed by atoms with van der Waals surface area (Å²) in [6.45, 7) is 5.44. The number of carboxylic acids is 1. The number of aliphatic carboxylic acids is 1. The predicted molar refractivity (Wildman–Crippen MR) is 102 cm³/mol. The van der Waals surface area contributed by atoms with E-state index in [0.29, 0.717) is 12.0 Å². The molecule has 26 heavy (non-hydrogen) atoms. The van der Waals surface area contributed by atoms with Gasteiger partial charge in [0.2, 0.25) is 0 Å². The fourth-order valence-corrected chi connectivity index (χ4v) is 4.12. The van der Waals surface area contributed by atoms with Crippen molar-refractivity contribution in [2.24, 2.45) is 0 Å². The number of aryl methyl sites for hydroxylation is 1. The normalized spacial score (nSPS) is 14.5. The molecule has 2 aromatic rings. The fourth-order valence-electron chi connectivity index (χ4n) is 3.21. The molecule has 1 aliphatic heterocycles. The molecule has 0 atom stereocenters. The van der Waals surface area contributed by atoms with E-state index in [2.05, 4.69) is 5.10 Å². The first kappa shape index (κ1) is 18.5. The Hall–Kier alpha value is -2.28. The van der Waals surface area contributed by atoms with E-state index in [-0.39, 0.29) is 12.3 Å². The number of carboxylic acid groups (broad SMARTS) is 1. The van der Waals surface area contributed by atoms with Gasteiger partial charge in [0.05, 0.1) is 11.4 Å². The Morgan fingerprint density at radius 3 is 2.42 bits per heavy atom. The zero-order valence-corrected chi connectivity index (χ0v) is 15.9. The molecule has 1 amide bonds. The van der Waals surface area contributed by atoms with Gasteiger partial charge in [0.1, 0.15) is 0 Å². The molecule has 7 heteroatoms. The molecule has 0 unspecified atom stereocenters. The summed E-state index contributed by atoms with van der Waals surface area (Å²) in [5.41, 5.74) is 4.31. The molecule has 138 valence electrons. The van der Waals surface area contributed by atoms with Crippen molar-refractivity contribution < 1.29 is 14.7 Å². The van der Waals surface area contributed by atoms with Crippen molar-refractivity contribution in [1.82, 2.24) is 14.7 Å². The third kappa shape index (κ3) is 3.93. The van der Waals surface area contributed by atoms with Crippen LogP contribution in [0.3, 0.4) is 0 Å². The Morgan fingerprint density at radius 1 is 1.15 bits per heavy atom. The van der Waals surface area contributed by atoms with E-state index in [1.807, 2.05) is 59.5 Å². The van der Waals surface area contributed by atoms with Crippen LogP contribution in [0.5, 0.6) is 0 Å². The number of rotatable bonds is 5. The quantitative estimate of drug-likeness (QED) is 0.872. The average Bonchev–Trinajstić information content (AvgIpc) is 2.94. The highest BCUT2D eigenvalue weighted by atomic mass is 32.2. The number of amides is 1. The Balaban J connectivity index is 1.79. The molecule has 0 aliphatic carbocycles. The van der Waals surface area contributed by atoms with E-state index in [9.17, 15) is 9.59 Å². The number of carbonyl (C=O) groups excluding carboxylic acids is 1. The van der Waals surface area contributed by atoms with Crippen molar-refractivity contribution in [3.05, 3.63) is 46.8 Å². The van der Waals surface area contributed by atoms with Crippen LogP contribution in [0.25, 0.3) is 5.69 Å². The van der Waals surface area contributed by atoms with Gasteiger partial charge in [0.15, 0.2) is 0 Å². The zero-order valence-electron chi connectivity index (χ0n) is 15.1. The molecule has 0 radical (unpaired) electrons. The van der Waals surface area contributed by atoms with E-state index >= 15 is 0 Å². The summed E-state index contributed by atoms with van der Waals surface area (Å²) in [6, 6.07) is 7.47. The highest BCUT2D eigenvalue weighted by Crippen LogP contribution is 2.20. The standard InChI is InChI=1S/C19H23N3O3S/c1-13-17(7-8-18(23)24)14(2)22(20-13)16-5-3-15(4-6-16)19(25)21-9-11-26-12-10-21/h3-6H,7-12H2,1-2H3,(H,23,24). The van der Waals surface area contributed by atoms with Crippen molar-refractivity contribution in [3.8, 4) is 5.69 Å². The lowest BCUT2D eigenvalue weighted by molar-refractivity contribution is -0.136. The highest BCUT2D eigenvalue weighted by molar-refractivity contribution is 7.99. The molecule has 1 N–H and O–H groups in total. The number of hydrogen-bond acceptors (Lipinski definition) is 4. The van der Waals surface area contributed by atoms with Crippen LogP contribution in [-0.2, 0) is 11.2 Å². The molecule has 0 spiro atoms. The number of hydrogen-bond donors (Lipinski definition) is 1. The first-order valence-electron chi connectivity index (χ1n) is 8.71. The van der Waals surface area contributed by atoms with E-state index in [1.54, 1.807) is 0 Å². The van der Waals surface area contributed by atoms with Gasteiger partial charge in [-0.05, 0) is 50.1 Å². The molecule has 1 aromatic heterocycles. The van der Waals surface area contributed by atoms with Crippen molar-refractivity contribution in [1.29, 1.82) is 0 Å². The molecule has 1 saturated heterocycles. The van der Waals surface area contributed by atoms with Crippen LogP contribution >= 0.6 is 11.8 Å². The largest absolute Gasteiger partial charge is 0.481 e. The SMILES string of the molecule is Cc1nn(-c2ccc(C(=O)N3CCSCC3)cc2)c(C)c1CCC(=O)O. The third-order valence-electron chi connectivity index (χ3n) is 4.69. The summed E-state index contributed by atoms with van der Waals surface area (Å²) >= 11 is 1.88. The summed E-state index contributed by atoms with van der Waals surface area (Å²) in [4.78, 5) is 25.3. The van der Waals surface area contributed by atoms with E-state index < -0.39 is 5.97 Å². The molecule has 3 rings (SSSR count). The topological polar surface area (TPSA) is 75.4 Å². The number of aromatic nitrogens is 2. The molecule has 0 bridgehead atoms. The van der Waals surface area contributed by atoms with Crippen molar-refractivity contribution in [2.75, 3.05) is 24.6 Å². The molecule has 1 fully saturated rings. The van der Waals surface area contributed by atoms with Gasteiger partial charge in [-0.1, -0.05) is 0 Å². The van der Waals surface area contributed by atoms with Crippen LogP contribution < -0.4 is 0 Å². The van der Waals surface area contributed by atoms with E-state index in [1.165, 1.54) is 0 Å². The maximum Gasteiger partial charge on any atom is 0.303 e. The average molecular weight is 373 g/mol. The van der Waals surface area contributed by atoms with Crippen LogP contribution in [0, 0.1) is 13.8 Å². The summed E-state index contributed by atoms with van der Waals surface area (Å²) in [5.74, 6) is 1.26. The predicted octanol–water partition coefficient (Wildman–Crippen LogP) is 2.70. The lowest BCUT2D eigenvalue weighted by Crippen LogP contribution is -2.37. The minimum Gasteiger partial charge on any atom is -0.481 e. The Kier molecular flexibility index (Phi) is 5.66. The summed E-state index contributed by atoms with van der Waals surface area (Å²) in [6.07, 6.45) is 0.561. The third-order valence-corrected chi connectivity index (χ3v) is 5.63. The van der Waals surface area contributed by atoms with Gasteiger partial charge < -0.3 is 10.0 Å². The highest BCUT2D eigenvalue weighted by Gasteiger charge is 2.19. The fraction of sp³-hybridized carbons (Fsp3) is 0.421. The second-order valence-electron chi connectivity index (χ2n) is 6.41. The van der Waals surface area contributed by atoms with Gasteiger partial charge >= 0.3 is 5.97 Å². The van der Waals surface area contributed by atoms with Crippen LogP contribution in [0.2, 0.25) is 0 Å². The van der Waals surface area contributed by atoms with Gasteiger partial charge in [0, 0.05) is 42.3 Å². The number of benzene rings is 1. The summed E-state index contributed by atoms with van der Waals surface area (Å²) in [5, 5.41) is 13.5. The smallest absolute Gasteiger partial charge is 0.303 e. The molecule has 1 aromatic carbocycles. The minimum atomic E-state index is -0.810. The van der Waals surface area contributed by atoms with Crippen LogP contribution in [0.15, 0.2) is 24.3 Å². The first-order chi connectivity index (χ1) is 12.5. The number of nitrogens with zero attached hydrogens (tertiary/aromatic N) is 3. The van der Waals surface area contributed by atoms with Crippen LogP contribution in [0.4, 0.5) is 0 Å². The van der Waals surface area contributed by atoms with Crippen molar-refractivity contribution >= 4 is 23.6 Å². The number of carbonyl (C=O) groups is 2. The molecule has 6 nitrogen and oxygen atoms in total. The Bertz CT molecular complexity index is 808. The molecule has 1 aliphatic rings. The molecule has 0 saturated carbocycles. The van der Waals surface area contributed by atoms with E-state index in [4.69, 9.17) is 5.11 Å². The molecular formula is C19H23N3O3S. The van der Waals surface area contributed by atoms with Crippen molar-refractivity contribution in [2.45, 2.75) is 26.7 Å². The van der Waals surface area contributed by atoms with Gasteiger partial charge in [-0.25, -0.2) is 4.68 Å². The lowest BCUT2D eigenvalue weighted by Gasteiger charge is -2.26. The number of thioether (sulfide) groups is 1. The molecule has 2 heterocycles. The monoisotopic (exact) mass is 373 g/mol. The second kappa shape index (κ2) is 7.95.